The summed E-state index contributed by atoms with van der Waals surface area (Å²) in [5.74, 6) is -2.74. The average Bonchev–Trinajstić information content (AvgIpc) is 2.35. The Morgan fingerprint density at radius 1 is 1.59 bits per heavy atom. The van der Waals surface area contributed by atoms with Crippen molar-refractivity contribution in [1.82, 2.24) is 0 Å². The van der Waals surface area contributed by atoms with Crippen molar-refractivity contribution >= 4 is 40.8 Å². The van der Waals surface area contributed by atoms with Crippen LogP contribution in [-0.2, 0) is 35.2 Å². The van der Waals surface area contributed by atoms with Crippen molar-refractivity contribution in [3.05, 3.63) is 0 Å². The van der Waals surface area contributed by atoms with E-state index in [1.54, 1.807) is 0 Å². The number of esters is 1. The minimum Gasteiger partial charge on any atom is -0.480 e. The molecule has 0 radical (unpaired) electrons. The molecule has 0 aromatic heterocycles. The first-order valence-electron chi connectivity index (χ1n) is 6.62. The maximum absolute atomic E-state index is 11.6. The summed E-state index contributed by atoms with van der Waals surface area (Å²) in [6, 6.07) is 0. The van der Waals surface area contributed by atoms with Gasteiger partial charge in [0, 0.05) is 18.3 Å². The monoisotopic (exact) mass is 307 g/mol. The van der Waals surface area contributed by atoms with Crippen LogP contribution in [0.15, 0.2) is 0 Å². The van der Waals surface area contributed by atoms with E-state index >= 15 is 0 Å². The summed E-state index contributed by atoms with van der Waals surface area (Å²) in [5.41, 5.74) is -2.97. The lowest BCUT2D eigenvalue weighted by molar-refractivity contribution is -0.146. The second-order valence-electron chi connectivity index (χ2n) is 2.52. The molecule has 9 heteroatoms. The first-order chi connectivity index (χ1) is 9.78. The molecule has 0 bridgehead atoms. The molecule has 100 valence electrons. The van der Waals surface area contributed by atoms with E-state index in [-0.39, 0.29) is 0 Å². The van der Waals surface area contributed by atoms with E-state index in [4.69, 9.17) is 32.8 Å². The molecule has 0 rings (SSSR count). The summed E-state index contributed by atoms with van der Waals surface area (Å²) in [7, 11) is 2.45. The quantitative estimate of drug-likeness (QED) is 0.535. The molecule has 1 atom stereocenters. The van der Waals surface area contributed by atoms with Crippen LogP contribution in [-0.4, -0.2) is 43.1 Å². The summed E-state index contributed by atoms with van der Waals surface area (Å²) in [6.07, 6.45) is -0.791. The number of carbonyl (C=O) groups excluding carboxylic acids is 1. The normalized spacial score (nSPS) is 19.1. The van der Waals surface area contributed by atoms with Gasteiger partial charge in [0.1, 0.15) is 5.25 Å². The second kappa shape index (κ2) is 8.05. The second-order valence-corrected chi connectivity index (χ2v) is 9.14. The van der Waals surface area contributed by atoms with E-state index < -0.39 is 42.7 Å². The third-order valence-corrected chi connectivity index (χ3v) is 7.37. The average molecular weight is 307 g/mol. The lowest BCUT2D eigenvalue weighted by Gasteiger charge is -2.20. The number of carboxylic acid groups (broad SMARTS) is 1. The molecule has 0 aromatic carbocycles. The molecule has 0 heterocycles. The van der Waals surface area contributed by atoms with E-state index in [0.717, 1.165) is 0 Å². The fraction of sp³-hybridized carbons (Fsp3) is 0.750. The van der Waals surface area contributed by atoms with Gasteiger partial charge in [-0.2, -0.15) is 0 Å². The molecule has 0 aliphatic rings. The van der Waals surface area contributed by atoms with Crippen molar-refractivity contribution in [2.24, 2.45) is 0 Å². The van der Waals surface area contributed by atoms with E-state index in [2.05, 4.69) is 4.74 Å². The molecule has 0 aliphatic carbocycles. The minimum atomic E-state index is -3.22. The van der Waals surface area contributed by atoms with Gasteiger partial charge in [0.15, 0.2) is 0 Å². The predicted octanol–water partition coefficient (Wildman–Crippen LogP) is 1.64. The van der Waals surface area contributed by atoms with Gasteiger partial charge in [0.25, 0.3) is 0 Å². The summed E-state index contributed by atoms with van der Waals surface area (Å²) in [6.45, 7) is -6.41. The summed E-state index contributed by atoms with van der Waals surface area (Å²) < 4.78 is 49.0. The highest BCUT2D eigenvalue weighted by Gasteiger charge is 2.30. The topological polar surface area (TPSA) is 82.1 Å². The molecule has 0 fully saturated rings. The molecule has 1 N–H and O–H groups in total. The van der Waals surface area contributed by atoms with Gasteiger partial charge in [-0.05, 0) is 18.7 Å². The fourth-order valence-electron chi connectivity index (χ4n) is 0.736. The van der Waals surface area contributed by atoms with Crippen molar-refractivity contribution in [3.63, 3.8) is 0 Å². The van der Waals surface area contributed by atoms with E-state index in [0.29, 0.717) is 11.4 Å². The number of hydrogen-bond acceptors (Lipinski definition) is 7. The Morgan fingerprint density at radius 3 is 2.59 bits per heavy atom. The lowest BCUT2D eigenvalue weighted by Crippen LogP contribution is -2.21. The number of rotatable bonds is 8. The molecule has 1 unspecified atom stereocenters. The SMILES string of the molecule is [2H]C([2H])([2H])C([2H])([2H])OC(=O)CC(SP(=S)(OC)OC)C(=O)O. The molecule has 17 heavy (non-hydrogen) atoms. The Labute approximate surface area is 116 Å². The largest absolute Gasteiger partial charge is 0.480 e. The van der Waals surface area contributed by atoms with Gasteiger partial charge in [0.2, 0.25) is 5.69 Å². The first-order valence-corrected chi connectivity index (χ1v) is 8.25. The van der Waals surface area contributed by atoms with Gasteiger partial charge in [-0.3, -0.25) is 9.59 Å². The predicted molar refractivity (Wildman–Crippen MR) is 68.6 cm³/mol. The molecule has 0 aliphatic heterocycles. The zero-order chi connectivity index (χ0) is 17.8. The smallest absolute Gasteiger partial charge is 0.317 e. The van der Waals surface area contributed by atoms with Crippen LogP contribution in [0.25, 0.3) is 0 Å². The molecule has 0 saturated heterocycles. The molecule has 0 amide bonds. The Kier molecular flexibility index (Phi) is 4.61. The number of carbonyl (C=O) groups is 2. The summed E-state index contributed by atoms with van der Waals surface area (Å²) in [5, 5.41) is 7.64. The number of hydrogen-bond donors (Lipinski definition) is 1. The van der Waals surface area contributed by atoms with Crippen molar-refractivity contribution in [1.29, 1.82) is 0 Å². The lowest BCUT2D eigenvalue weighted by atomic mass is 10.3. The van der Waals surface area contributed by atoms with Crippen LogP contribution in [0.4, 0.5) is 0 Å². The summed E-state index contributed by atoms with van der Waals surface area (Å²) >= 11 is 5.55. The first kappa shape index (κ1) is 9.75. The zero-order valence-electron chi connectivity index (χ0n) is 14.0. The molecule has 6 nitrogen and oxygen atoms in total. The number of carboxylic acids is 1. The fourth-order valence-corrected chi connectivity index (χ4v) is 4.55. The van der Waals surface area contributed by atoms with E-state index in [1.165, 1.54) is 14.2 Å². The number of ether oxygens (including phenoxy) is 1. The maximum atomic E-state index is 11.6. The standard InChI is InChI=1S/C8H15O6PS2/c1-4-14-7(9)5-6(8(10)11)17-15(16,12-2)13-3/h6H,4-5H2,1-3H3,(H,10,11)/i1D3,4D2. The Hall–Kier alpha value is -0.140. The zero-order valence-corrected chi connectivity index (χ0v) is 11.6. The highest BCUT2D eigenvalue weighted by molar-refractivity contribution is 8.68. The van der Waals surface area contributed by atoms with Gasteiger partial charge in [-0.1, -0.05) is 11.4 Å². The molecular weight excluding hydrogens is 287 g/mol. The minimum absolute atomic E-state index is 0.580. The third kappa shape index (κ3) is 6.38. The Bertz CT molecular complexity index is 462. The van der Waals surface area contributed by atoms with Crippen LogP contribution in [0.5, 0.6) is 0 Å². The molecular formula is C8H15O6PS2. The highest BCUT2D eigenvalue weighted by Crippen LogP contribution is 2.61. The molecule has 0 saturated carbocycles. The summed E-state index contributed by atoms with van der Waals surface area (Å²) in [4.78, 5) is 22.7. The Morgan fingerprint density at radius 2 is 2.18 bits per heavy atom. The van der Waals surface area contributed by atoms with Gasteiger partial charge in [-0.15, -0.1) is 0 Å². The van der Waals surface area contributed by atoms with E-state index in [9.17, 15) is 9.59 Å². The third-order valence-electron chi connectivity index (χ3n) is 1.50. The van der Waals surface area contributed by atoms with Crippen molar-refractivity contribution in [2.45, 2.75) is 18.5 Å². The van der Waals surface area contributed by atoms with Crippen molar-refractivity contribution in [2.75, 3.05) is 20.8 Å². The van der Waals surface area contributed by atoms with Gasteiger partial charge in [0.05, 0.1) is 15.7 Å². The Balaban J connectivity index is 4.96. The van der Waals surface area contributed by atoms with Crippen LogP contribution >= 0.6 is 17.1 Å². The van der Waals surface area contributed by atoms with Crippen LogP contribution < -0.4 is 0 Å². The molecule has 0 spiro atoms. The van der Waals surface area contributed by atoms with Crippen LogP contribution in [0.1, 0.15) is 20.1 Å². The van der Waals surface area contributed by atoms with Crippen LogP contribution in [0.3, 0.4) is 0 Å². The van der Waals surface area contributed by atoms with Crippen molar-refractivity contribution < 1.29 is 35.3 Å². The van der Waals surface area contributed by atoms with Crippen molar-refractivity contribution in [3.8, 4) is 0 Å². The van der Waals surface area contributed by atoms with Crippen LogP contribution in [0.2, 0.25) is 0 Å². The van der Waals surface area contributed by atoms with Crippen LogP contribution in [0, 0.1) is 0 Å². The maximum Gasteiger partial charge on any atom is 0.317 e. The van der Waals surface area contributed by atoms with Gasteiger partial charge in [-0.25, -0.2) is 0 Å². The van der Waals surface area contributed by atoms with Gasteiger partial charge < -0.3 is 18.9 Å². The van der Waals surface area contributed by atoms with Gasteiger partial charge >= 0.3 is 11.9 Å². The molecule has 0 aromatic rings. The van der Waals surface area contributed by atoms with E-state index in [1.807, 2.05) is 0 Å². The number of aliphatic carboxylic acids is 1. The highest BCUT2D eigenvalue weighted by atomic mass is 32.9.